The molecule has 2 aromatic rings. The predicted octanol–water partition coefficient (Wildman–Crippen LogP) is 5.00. The second-order valence-corrected chi connectivity index (χ2v) is 4.64. The molecule has 0 amide bonds. The Kier molecular flexibility index (Phi) is 3.14. The molecule has 0 N–H and O–H groups in total. The Bertz CT molecular complexity index is 545. The summed E-state index contributed by atoms with van der Waals surface area (Å²) in [6.45, 7) is 10.4. The highest BCUT2D eigenvalue weighted by atomic mass is 14.1. The van der Waals surface area contributed by atoms with E-state index in [2.05, 4.69) is 69.8 Å². The zero-order valence-corrected chi connectivity index (χ0v) is 10.7. The van der Waals surface area contributed by atoms with Crippen LogP contribution >= 0.6 is 0 Å². The van der Waals surface area contributed by atoms with Gasteiger partial charge in [-0.15, -0.1) is 0 Å². The molecule has 0 saturated carbocycles. The first kappa shape index (κ1) is 11.7. The van der Waals surface area contributed by atoms with Gasteiger partial charge in [0.1, 0.15) is 0 Å². The SMILES string of the molecule is C=C(C)c1cccc(C)c1-c1ccc(C)cc1. The topological polar surface area (TPSA) is 0 Å². The molecule has 0 bridgehead atoms. The lowest BCUT2D eigenvalue weighted by Gasteiger charge is -2.13. The molecular weight excluding hydrogens is 204 g/mol. The summed E-state index contributed by atoms with van der Waals surface area (Å²) in [4.78, 5) is 0. The molecule has 0 spiro atoms. The van der Waals surface area contributed by atoms with Crippen LogP contribution in [0.4, 0.5) is 0 Å². The lowest BCUT2D eigenvalue weighted by atomic mass is 9.92. The maximum Gasteiger partial charge on any atom is -0.00797 e. The van der Waals surface area contributed by atoms with Gasteiger partial charge in [-0.3, -0.25) is 0 Å². The van der Waals surface area contributed by atoms with Gasteiger partial charge < -0.3 is 0 Å². The Hall–Kier alpha value is -1.82. The predicted molar refractivity (Wildman–Crippen MR) is 76.1 cm³/mol. The van der Waals surface area contributed by atoms with Gasteiger partial charge in [0.25, 0.3) is 0 Å². The van der Waals surface area contributed by atoms with Crippen molar-refractivity contribution in [1.29, 1.82) is 0 Å². The van der Waals surface area contributed by atoms with E-state index in [0.717, 1.165) is 5.57 Å². The van der Waals surface area contributed by atoms with Crippen LogP contribution in [0.1, 0.15) is 23.6 Å². The van der Waals surface area contributed by atoms with Crippen molar-refractivity contribution in [3.8, 4) is 11.1 Å². The molecule has 17 heavy (non-hydrogen) atoms. The summed E-state index contributed by atoms with van der Waals surface area (Å²) in [6, 6.07) is 15.1. The van der Waals surface area contributed by atoms with Crippen molar-refractivity contribution in [1.82, 2.24) is 0 Å². The Labute approximate surface area is 104 Å². The fraction of sp³-hybridized carbons (Fsp3) is 0.176. The van der Waals surface area contributed by atoms with Gasteiger partial charge in [0, 0.05) is 0 Å². The number of rotatable bonds is 2. The van der Waals surface area contributed by atoms with E-state index in [9.17, 15) is 0 Å². The van der Waals surface area contributed by atoms with E-state index < -0.39 is 0 Å². The minimum Gasteiger partial charge on any atom is -0.0955 e. The lowest BCUT2D eigenvalue weighted by Crippen LogP contribution is -1.90. The van der Waals surface area contributed by atoms with E-state index in [1.165, 1.54) is 27.8 Å². The lowest BCUT2D eigenvalue weighted by molar-refractivity contribution is 1.41. The van der Waals surface area contributed by atoms with Crippen molar-refractivity contribution in [3.05, 3.63) is 65.7 Å². The first-order chi connectivity index (χ1) is 8.09. The number of aryl methyl sites for hydroxylation is 2. The van der Waals surface area contributed by atoms with Gasteiger partial charge in [-0.1, -0.05) is 60.2 Å². The van der Waals surface area contributed by atoms with Crippen molar-refractivity contribution in [3.63, 3.8) is 0 Å². The van der Waals surface area contributed by atoms with Gasteiger partial charge in [-0.2, -0.15) is 0 Å². The van der Waals surface area contributed by atoms with Crippen molar-refractivity contribution in [2.24, 2.45) is 0 Å². The van der Waals surface area contributed by atoms with Crippen molar-refractivity contribution in [2.75, 3.05) is 0 Å². The summed E-state index contributed by atoms with van der Waals surface area (Å²) in [5.41, 5.74) is 7.53. The molecule has 0 aromatic heterocycles. The zero-order valence-electron chi connectivity index (χ0n) is 10.7. The molecule has 0 radical (unpaired) electrons. The van der Waals surface area contributed by atoms with Gasteiger partial charge >= 0.3 is 0 Å². The average Bonchev–Trinajstić information content (AvgIpc) is 2.30. The Balaban J connectivity index is 2.65. The number of benzene rings is 2. The normalized spacial score (nSPS) is 10.3. The first-order valence-electron chi connectivity index (χ1n) is 5.92. The molecular formula is C17H18. The van der Waals surface area contributed by atoms with Crippen LogP contribution in [0.25, 0.3) is 16.7 Å². The Morgan fingerprint density at radius 2 is 1.59 bits per heavy atom. The summed E-state index contributed by atoms with van der Waals surface area (Å²) >= 11 is 0. The molecule has 0 aliphatic carbocycles. The smallest absolute Gasteiger partial charge is 0.00797 e. The van der Waals surface area contributed by atoms with Crippen LogP contribution in [0.5, 0.6) is 0 Å². The number of hydrogen-bond acceptors (Lipinski definition) is 0. The highest BCUT2D eigenvalue weighted by Gasteiger charge is 2.08. The maximum atomic E-state index is 4.07. The third-order valence-corrected chi connectivity index (χ3v) is 3.07. The molecule has 2 aromatic carbocycles. The van der Waals surface area contributed by atoms with Gasteiger partial charge in [-0.05, 0) is 43.0 Å². The van der Waals surface area contributed by atoms with E-state index in [-0.39, 0.29) is 0 Å². The maximum absolute atomic E-state index is 4.07. The van der Waals surface area contributed by atoms with E-state index >= 15 is 0 Å². The highest BCUT2D eigenvalue weighted by molar-refractivity contribution is 5.82. The molecule has 2 rings (SSSR count). The highest BCUT2D eigenvalue weighted by Crippen LogP contribution is 2.31. The quantitative estimate of drug-likeness (QED) is 0.670. The van der Waals surface area contributed by atoms with Gasteiger partial charge in [0.05, 0.1) is 0 Å². The van der Waals surface area contributed by atoms with Crippen LogP contribution in [0.3, 0.4) is 0 Å². The molecule has 0 fully saturated rings. The molecule has 0 aliphatic heterocycles. The third kappa shape index (κ3) is 2.31. The zero-order chi connectivity index (χ0) is 12.4. The second-order valence-electron chi connectivity index (χ2n) is 4.64. The van der Waals surface area contributed by atoms with E-state index in [4.69, 9.17) is 0 Å². The van der Waals surface area contributed by atoms with Crippen LogP contribution < -0.4 is 0 Å². The Morgan fingerprint density at radius 3 is 2.18 bits per heavy atom. The summed E-state index contributed by atoms with van der Waals surface area (Å²) < 4.78 is 0. The van der Waals surface area contributed by atoms with Crippen LogP contribution in [-0.4, -0.2) is 0 Å². The van der Waals surface area contributed by atoms with E-state index in [1.54, 1.807) is 0 Å². The summed E-state index contributed by atoms with van der Waals surface area (Å²) in [5.74, 6) is 0. The second kappa shape index (κ2) is 4.58. The molecule has 0 atom stereocenters. The molecule has 0 unspecified atom stereocenters. The Morgan fingerprint density at radius 1 is 0.941 bits per heavy atom. The molecule has 0 aliphatic rings. The third-order valence-electron chi connectivity index (χ3n) is 3.07. The molecule has 0 saturated heterocycles. The fourth-order valence-corrected chi connectivity index (χ4v) is 2.13. The first-order valence-corrected chi connectivity index (χ1v) is 5.92. The van der Waals surface area contributed by atoms with Crippen molar-refractivity contribution in [2.45, 2.75) is 20.8 Å². The number of allylic oxidation sites excluding steroid dienone is 1. The molecule has 0 nitrogen and oxygen atoms in total. The monoisotopic (exact) mass is 222 g/mol. The number of hydrogen-bond donors (Lipinski definition) is 0. The van der Waals surface area contributed by atoms with Crippen LogP contribution in [-0.2, 0) is 0 Å². The average molecular weight is 222 g/mol. The molecule has 0 heteroatoms. The summed E-state index contributed by atoms with van der Waals surface area (Å²) in [6.07, 6.45) is 0. The van der Waals surface area contributed by atoms with Gasteiger partial charge in [0.2, 0.25) is 0 Å². The van der Waals surface area contributed by atoms with Crippen molar-refractivity contribution >= 4 is 5.57 Å². The van der Waals surface area contributed by atoms with E-state index in [0.29, 0.717) is 0 Å². The minimum absolute atomic E-state index is 1.12. The molecule has 0 heterocycles. The van der Waals surface area contributed by atoms with E-state index in [1.807, 2.05) is 0 Å². The van der Waals surface area contributed by atoms with Crippen molar-refractivity contribution < 1.29 is 0 Å². The molecule has 86 valence electrons. The van der Waals surface area contributed by atoms with Crippen LogP contribution in [0.2, 0.25) is 0 Å². The minimum atomic E-state index is 1.12. The standard InChI is InChI=1S/C17H18/c1-12(2)16-7-5-6-14(4)17(16)15-10-8-13(3)9-11-15/h5-11H,1H2,2-4H3. The summed E-state index contributed by atoms with van der Waals surface area (Å²) in [7, 11) is 0. The van der Waals surface area contributed by atoms with Crippen LogP contribution in [0, 0.1) is 13.8 Å². The van der Waals surface area contributed by atoms with Gasteiger partial charge in [0.15, 0.2) is 0 Å². The van der Waals surface area contributed by atoms with Crippen LogP contribution in [0.15, 0.2) is 49.0 Å². The fourth-order valence-electron chi connectivity index (χ4n) is 2.13. The van der Waals surface area contributed by atoms with Gasteiger partial charge in [-0.25, -0.2) is 0 Å². The summed E-state index contributed by atoms with van der Waals surface area (Å²) in [5, 5.41) is 0. The largest absolute Gasteiger partial charge is 0.0955 e.